The van der Waals surface area contributed by atoms with Crippen molar-refractivity contribution in [3.05, 3.63) is 0 Å². The van der Waals surface area contributed by atoms with Crippen LogP contribution in [0.3, 0.4) is 0 Å². The molecule has 78 valence electrons. The molecule has 0 bridgehead atoms. The lowest BCUT2D eigenvalue weighted by molar-refractivity contribution is 0.118. The first-order valence-electron chi connectivity index (χ1n) is 5.29. The summed E-state index contributed by atoms with van der Waals surface area (Å²) in [4.78, 5) is 2.50. The fourth-order valence-corrected chi connectivity index (χ4v) is 1.95. The van der Waals surface area contributed by atoms with E-state index in [0.717, 1.165) is 38.5 Å². The van der Waals surface area contributed by atoms with E-state index in [4.69, 9.17) is 5.11 Å². The molecule has 1 fully saturated rings. The Labute approximate surface area is 81.1 Å². The molecule has 1 aliphatic rings. The number of aliphatic hydroxyl groups excluding tert-OH is 1. The standard InChI is InChI=1S/C10H22N2O/c1-9(2)8-12-5-4-11-7-10(12)3-6-13/h9-11,13H,3-8H2,1-2H3/t10-/m0/s1. The van der Waals surface area contributed by atoms with Crippen LogP contribution in [0.15, 0.2) is 0 Å². The van der Waals surface area contributed by atoms with Crippen LogP contribution in [-0.2, 0) is 0 Å². The molecule has 3 nitrogen and oxygen atoms in total. The summed E-state index contributed by atoms with van der Waals surface area (Å²) in [7, 11) is 0. The van der Waals surface area contributed by atoms with Crippen LogP contribution in [0.1, 0.15) is 20.3 Å². The number of rotatable bonds is 4. The molecule has 0 amide bonds. The highest BCUT2D eigenvalue weighted by molar-refractivity contribution is 4.79. The Hall–Kier alpha value is -0.120. The van der Waals surface area contributed by atoms with E-state index in [2.05, 4.69) is 24.1 Å². The highest BCUT2D eigenvalue weighted by Crippen LogP contribution is 2.09. The van der Waals surface area contributed by atoms with Crippen molar-refractivity contribution in [2.75, 3.05) is 32.8 Å². The number of nitrogens with zero attached hydrogens (tertiary/aromatic N) is 1. The average Bonchev–Trinajstić information content (AvgIpc) is 2.08. The smallest absolute Gasteiger partial charge is 0.0446 e. The Balaban J connectivity index is 2.36. The molecule has 13 heavy (non-hydrogen) atoms. The van der Waals surface area contributed by atoms with Crippen LogP contribution in [0.25, 0.3) is 0 Å². The first-order valence-corrected chi connectivity index (χ1v) is 5.29. The van der Waals surface area contributed by atoms with E-state index in [1.807, 2.05) is 0 Å². The van der Waals surface area contributed by atoms with Crippen LogP contribution in [0.4, 0.5) is 0 Å². The van der Waals surface area contributed by atoms with Crippen molar-refractivity contribution in [3.63, 3.8) is 0 Å². The van der Waals surface area contributed by atoms with Gasteiger partial charge in [0.05, 0.1) is 0 Å². The molecular weight excluding hydrogens is 164 g/mol. The van der Waals surface area contributed by atoms with E-state index < -0.39 is 0 Å². The quantitative estimate of drug-likeness (QED) is 0.663. The van der Waals surface area contributed by atoms with Gasteiger partial charge in [0.25, 0.3) is 0 Å². The van der Waals surface area contributed by atoms with E-state index in [1.165, 1.54) is 0 Å². The van der Waals surface area contributed by atoms with Crippen LogP contribution in [0, 0.1) is 5.92 Å². The Bertz CT molecular complexity index is 137. The maximum atomic E-state index is 8.92. The molecule has 0 unspecified atom stereocenters. The summed E-state index contributed by atoms with van der Waals surface area (Å²) < 4.78 is 0. The largest absolute Gasteiger partial charge is 0.396 e. The van der Waals surface area contributed by atoms with E-state index in [-0.39, 0.29) is 0 Å². The molecule has 0 saturated carbocycles. The number of nitrogens with one attached hydrogen (secondary N) is 1. The highest BCUT2D eigenvalue weighted by Gasteiger charge is 2.21. The second kappa shape index (κ2) is 5.58. The number of hydrogen-bond acceptors (Lipinski definition) is 3. The van der Waals surface area contributed by atoms with E-state index >= 15 is 0 Å². The maximum Gasteiger partial charge on any atom is 0.0446 e. The predicted molar refractivity (Wildman–Crippen MR) is 54.8 cm³/mol. The molecule has 2 N–H and O–H groups in total. The molecule has 1 rings (SSSR count). The second-order valence-corrected chi connectivity index (χ2v) is 4.26. The molecule has 0 spiro atoms. The van der Waals surface area contributed by atoms with Crippen molar-refractivity contribution < 1.29 is 5.11 Å². The summed E-state index contributed by atoms with van der Waals surface area (Å²) in [5, 5.41) is 12.3. The van der Waals surface area contributed by atoms with Crippen molar-refractivity contribution in [1.82, 2.24) is 10.2 Å². The van der Waals surface area contributed by atoms with Gasteiger partial charge in [0, 0.05) is 38.8 Å². The zero-order chi connectivity index (χ0) is 9.68. The lowest BCUT2D eigenvalue weighted by atomic mass is 10.1. The van der Waals surface area contributed by atoms with Crippen LogP contribution in [0.5, 0.6) is 0 Å². The third kappa shape index (κ3) is 3.63. The van der Waals surface area contributed by atoms with Crippen molar-refractivity contribution in [2.45, 2.75) is 26.3 Å². The predicted octanol–water partition coefficient (Wildman–Crippen LogP) is 0.299. The van der Waals surface area contributed by atoms with Gasteiger partial charge in [0.2, 0.25) is 0 Å². The molecule has 1 saturated heterocycles. The maximum absolute atomic E-state index is 8.92. The summed E-state index contributed by atoms with van der Waals surface area (Å²) >= 11 is 0. The molecular formula is C10H22N2O. The SMILES string of the molecule is CC(C)CN1CCNC[C@@H]1CCO. The fraction of sp³-hybridized carbons (Fsp3) is 1.00. The van der Waals surface area contributed by atoms with Crippen LogP contribution < -0.4 is 5.32 Å². The van der Waals surface area contributed by atoms with Crippen LogP contribution in [-0.4, -0.2) is 48.8 Å². The van der Waals surface area contributed by atoms with E-state index in [1.54, 1.807) is 0 Å². The lowest BCUT2D eigenvalue weighted by Crippen LogP contribution is -2.52. The zero-order valence-electron chi connectivity index (χ0n) is 8.79. The van der Waals surface area contributed by atoms with Gasteiger partial charge in [-0.15, -0.1) is 0 Å². The average molecular weight is 186 g/mol. The van der Waals surface area contributed by atoms with Crippen LogP contribution in [0.2, 0.25) is 0 Å². The summed E-state index contributed by atoms with van der Waals surface area (Å²) in [5.74, 6) is 0.722. The van der Waals surface area contributed by atoms with Crippen molar-refractivity contribution in [1.29, 1.82) is 0 Å². The molecule has 0 aromatic carbocycles. The third-order valence-electron chi connectivity index (χ3n) is 2.53. The van der Waals surface area contributed by atoms with Gasteiger partial charge in [-0.25, -0.2) is 0 Å². The van der Waals surface area contributed by atoms with Crippen molar-refractivity contribution in [2.24, 2.45) is 5.92 Å². The molecule has 1 atom stereocenters. The van der Waals surface area contributed by atoms with Gasteiger partial charge in [-0.3, -0.25) is 4.90 Å². The van der Waals surface area contributed by atoms with Crippen molar-refractivity contribution >= 4 is 0 Å². The van der Waals surface area contributed by atoms with Gasteiger partial charge in [-0.2, -0.15) is 0 Å². The monoisotopic (exact) mass is 186 g/mol. The Morgan fingerprint density at radius 1 is 1.54 bits per heavy atom. The molecule has 0 aliphatic carbocycles. The van der Waals surface area contributed by atoms with Crippen molar-refractivity contribution in [3.8, 4) is 0 Å². The Morgan fingerprint density at radius 3 is 2.92 bits per heavy atom. The normalized spacial score (nSPS) is 25.4. The van der Waals surface area contributed by atoms with E-state index in [9.17, 15) is 0 Å². The van der Waals surface area contributed by atoms with Crippen LogP contribution >= 0.6 is 0 Å². The van der Waals surface area contributed by atoms with Gasteiger partial charge >= 0.3 is 0 Å². The molecule has 1 aliphatic heterocycles. The van der Waals surface area contributed by atoms with Gasteiger partial charge in [-0.05, 0) is 12.3 Å². The summed E-state index contributed by atoms with van der Waals surface area (Å²) in [5.41, 5.74) is 0. The first kappa shape index (κ1) is 11.0. The lowest BCUT2D eigenvalue weighted by Gasteiger charge is -2.37. The first-order chi connectivity index (χ1) is 6.24. The van der Waals surface area contributed by atoms with Gasteiger partial charge in [0.15, 0.2) is 0 Å². The number of hydrogen-bond donors (Lipinski definition) is 2. The van der Waals surface area contributed by atoms with Gasteiger partial charge in [0.1, 0.15) is 0 Å². The molecule has 0 aromatic rings. The Kier molecular flexibility index (Phi) is 4.70. The second-order valence-electron chi connectivity index (χ2n) is 4.26. The number of aliphatic hydroxyl groups is 1. The summed E-state index contributed by atoms with van der Waals surface area (Å²) in [6.07, 6.45) is 0.903. The number of piperazine rings is 1. The third-order valence-corrected chi connectivity index (χ3v) is 2.53. The minimum atomic E-state index is 0.306. The topological polar surface area (TPSA) is 35.5 Å². The minimum absolute atomic E-state index is 0.306. The molecule has 0 aromatic heterocycles. The molecule has 3 heteroatoms. The molecule has 1 heterocycles. The Morgan fingerprint density at radius 2 is 2.31 bits per heavy atom. The molecule has 0 radical (unpaired) electrons. The van der Waals surface area contributed by atoms with E-state index in [0.29, 0.717) is 12.6 Å². The van der Waals surface area contributed by atoms with Gasteiger partial charge < -0.3 is 10.4 Å². The minimum Gasteiger partial charge on any atom is -0.396 e. The fourth-order valence-electron chi connectivity index (χ4n) is 1.95. The zero-order valence-corrected chi connectivity index (χ0v) is 8.79. The summed E-state index contributed by atoms with van der Waals surface area (Å²) in [6.45, 7) is 9.22. The summed E-state index contributed by atoms with van der Waals surface area (Å²) in [6, 6.07) is 0.543. The highest BCUT2D eigenvalue weighted by atomic mass is 16.3. The van der Waals surface area contributed by atoms with Gasteiger partial charge in [-0.1, -0.05) is 13.8 Å².